The van der Waals surface area contributed by atoms with Gasteiger partial charge in [-0.2, -0.15) is 0 Å². The number of amides is 7. The van der Waals surface area contributed by atoms with Crippen LogP contribution in [-0.4, -0.2) is 127 Å². The predicted molar refractivity (Wildman–Crippen MR) is 280 cm³/mol. The van der Waals surface area contributed by atoms with Crippen LogP contribution in [0.1, 0.15) is 124 Å². The Labute approximate surface area is 429 Å². The number of rotatable bonds is 17. The van der Waals surface area contributed by atoms with Crippen molar-refractivity contribution < 1.29 is 33.6 Å². The number of anilines is 1. The van der Waals surface area contributed by atoms with Gasteiger partial charge in [0.05, 0.1) is 24.2 Å². The molecule has 2 fully saturated rings. The topological polar surface area (TPSA) is 222 Å². The summed E-state index contributed by atoms with van der Waals surface area (Å²) in [4.78, 5) is 101. The highest BCUT2D eigenvalue weighted by Gasteiger charge is 2.47. The Balaban J connectivity index is 1.06. The van der Waals surface area contributed by atoms with Crippen molar-refractivity contribution in [1.29, 1.82) is 0 Å². The Kier molecular flexibility index (Phi) is 17.6. The van der Waals surface area contributed by atoms with Crippen LogP contribution < -0.4 is 42.5 Å². The van der Waals surface area contributed by atoms with E-state index in [1.165, 1.54) is 20.9 Å². The second-order valence-electron chi connectivity index (χ2n) is 21.2. The fourth-order valence-electron chi connectivity index (χ4n) is 10.6. The lowest BCUT2D eigenvalue weighted by Crippen LogP contribution is -2.59. The Hall–Kier alpha value is -6.77. The Bertz CT molecular complexity index is 2560. The zero-order chi connectivity index (χ0) is 52.6. The molecule has 4 aliphatic rings. The number of nitrogens with one attached hydrogen (secondary N) is 8. The van der Waals surface area contributed by atoms with Crippen LogP contribution in [-0.2, 0) is 41.6 Å². The van der Waals surface area contributed by atoms with Gasteiger partial charge in [0.1, 0.15) is 24.2 Å². The molecule has 0 radical (unpaired) electrons. The van der Waals surface area contributed by atoms with E-state index in [1.54, 1.807) is 52.2 Å². The zero-order valence-electron chi connectivity index (χ0n) is 43.3. The second-order valence-corrected chi connectivity index (χ2v) is 21.2. The molecule has 2 saturated heterocycles. The molecule has 7 rings (SSSR count). The summed E-state index contributed by atoms with van der Waals surface area (Å²) in [7, 11) is 3.31. The average Bonchev–Trinajstić information content (AvgIpc) is 4.01. The van der Waals surface area contributed by atoms with Crippen molar-refractivity contribution in [2.45, 2.75) is 153 Å². The molecule has 2 aliphatic heterocycles. The van der Waals surface area contributed by atoms with E-state index in [1.807, 2.05) is 57.2 Å². The van der Waals surface area contributed by atoms with E-state index in [0.29, 0.717) is 11.3 Å². The molecular formula is C56H74N10O7. The average molecular weight is 999 g/mol. The SMILES string of the molecule is C#CC[C@H](NC(=O)[C@H](C)NC)C(=O)N1C[C@@H](Nc2ccc(C(=O)N[C@H]3C[C@@H](C(=O)N[C@@H]4CCCc5ccccc54)N(C(=O)[C@@H](NC(=O)[C@H](C)NC)C(C)(C)C)C3)cc2)C[C@H]1C(=O)N[C@@H]1CCCc2ccccc21. The van der Waals surface area contributed by atoms with E-state index in [0.717, 1.165) is 49.7 Å². The largest absolute Gasteiger partial charge is 0.380 e. The van der Waals surface area contributed by atoms with Crippen LogP contribution in [0.2, 0.25) is 0 Å². The number of hydrogen-bond donors (Lipinski definition) is 8. The third kappa shape index (κ3) is 12.9. The van der Waals surface area contributed by atoms with Gasteiger partial charge in [-0.1, -0.05) is 69.3 Å². The van der Waals surface area contributed by atoms with Crippen LogP contribution in [0.5, 0.6) is 0 Å². The number of likely N-dealkylation sites (N-methyl/N-ethyl adjacent to an activating group) is 2. The van der Waals surface area contributed by atoms with Gasteiger partial charge >= 0.3 is 0 Å². The molecule has 10 atom stereocenters. The smallest absolute Gasteiger partial charge is 0.251 e. The molecule has 0 aromatic heterocycles. The number of carbonyl (C=O) groups excluding carboxylic acids is 7. The molecule has 390 valence electrons. The second kappa shape index (κ2) is 23.8. The highest BCUT2D eigenvalue weighted by molar-refractivity contribution is 5.97. The summed E-state index contributed by atoms with van der Waals surface area (Å²) in [6, 6.07) is 16.6. The maximum absolute atomic E-state index is 14.6. The van der Waals surface area contributed by atoms with Gasteiger partial charge < -0.3 is 52.3 Å². The van der Waals surface area contributed by atoms with Crippen LogP contribution in [0.15, 0.2) is 72.8 Å². The van der Waals surface area contributed by atoms with E-state index in [4.69, 9.17) is 6.42 Å². The summed E-state index contributed by atoms with van der Waals surface area (Å²) in [5, 5.41) is 24.5. The molecule has 17 heteroatoms. The Morgan fingerprint density at radius 1 is 0.658 bits per heavy atom. The van der Waals surface area contributed by atoms with Gasteiger partial charge in [-0.25, -0.2) is 0 Å². The first kappa shape index (κ1) is 54.0. The third-order valence-electron chi connectivity index (χ3n) is 15.0. The van der Waals surface area contributed by atoms with Crippen LogP contribution in [0, 0.1) is 17.8 Å². The fraction of sp³-hybridized carbons (Fsp3) is 0.518. The summed E-state index contributed by atoms with van der Waals surface area (Å²) >= 11 is 0. The number of benzene rings is 3. The zero-order valence-corrected chi connectivity index (χ0v) is 43.3. The maximum Gasteiger partial charge on any atom is 0.251 e. The van der Waals surface area contributed by atoms with E-state index < -0.39 is 71.3 Å². The molecule has 0 spiro atoms. The fourth-order valence-corrected chi connectivity index (χ4v) is 10.6. The summed E-state index contributed by atoms with van der Waals surface area (Å²) in [5.74, 6) is -0.118. The van der Waals surface area contributed by atoms with Crippen molar-refractivity contribution in [3.05, 3.63) is 101 Å². The first-order valence-corrected chi connectivity index (χ1v) is 25.8. The molecule has 17 nitrogen and oxygen atoms in total. The molecule has 73 heavy (non-hydrogen) atoms. The van der Waals surface area contributed by atoms with Crippen LogP contribution in [0.25, 0.3) is 0 Å². The van der Waals surface area contributed by atoms with Crippen LogP contribution in [0.3, 0.4) is 0 Å². The van der Waals surface area contributed by atoms with E-state index in [9.17, 15) is 33.6 Å². The van der Waals surface area contributed by atoms with E-state index in [-0.39, 0.29) is 68.2 Å². The minimum Gasteiger partial charge on any atom is -0.380 e. The van der Waals surface area contributed by atoms with Gasteiger partial charge in [0.2, 0.25) is 35.4 Å². The lowest BCUT2D eigenvalue weighted by molar-refractivity contribution is -0.144. The molecule has 0 saturated carbocycles. The highest BCUT2D eigenvalue weighted by Crippen LogP contribution is 2.33. The molecule has 3 aromatic carbocycles. The normalized spacial score (nSPS) is 23.0. The lowest BCUT2D eigenvalue weighted by atomic mass is 9.85. The van der Waals surface area contributed by atoms with Crippen molar-refractivity contribution in [2.75, 3.05) is 32.5 Å². The molecule has 2 aliphatic carbocycles. The number of nitrogens with zero attached hydrogens (tertiary/aromatic N) is 2. The van der Waals surface area contributed by atoms with Crippen molar-refractivity contribution in [2.24, 2.45) is 5.41 Å². The monoisotopic (exact) mass is 999 g/mol. The van der Waals surface area contributed by atoms with E-state index >= 15 is 0 Å². The first-order valence-electron chi connectivity index (χ1n) is 25.8. The summed E-state index contributed by atoms with van der Waals surface area (Å²) in [6.45, 7) is 9.16. The molecule has 0 unspecified atom stereocenters. The summed E-state index contributed by atoms with van der Waals surface area (Å²) in [5.41, 5.74) is 4.76. The number of aryl methyl sites for hydroxylation is 2. The third-order valence-corrected chi connectivity index (χ3v) is 15.0. The van der Waals surface area contributed by atoms with Crippen molar-refractivity contribution >= 4 is 47.0 Å². The standard InChI is InChI=1S/C56H74N10O7/c1-9-16-45(63-49(67)33(2)57-7)54(72)65-31-39(29-46(65)52(70)61-43-23-14-19-35-17-10-12-21-41(35)43)59-38-27-25-37(26-28-38)51(69)60-40-30-47(53(71)62-44-24-15-20-36-18-11-13-22-42(36)44)66(32-40)55(73)48(56(4,5)6)64-50(68)34(3)58-8/h1,10-13,17-18,21-22,25-28,33-34,39-40,43-48,57-59H,14-16,19-20,23-24,29-32H2,2-8H3,(H,60,69)(H,61,70)(H,62,71)(H,63,67)(H,64,68)/t33-,34-,39-,40-,43+,44+,45-,46-,47-,48+/m0/s1. The quantitative estimate of drug-likeness (QED) is 0.0922. The Morgan fingerprint density at radius 2 is 1.15 bits per heavy atom. The van der Waals surface area contributed by atoms with E-state index in [2.05, 4.69) is 60.6 Å². The number of hydrogen-bond acceptors (Lipinski definition) is 10. The van der Waals surface area contributed by atoms with Gasteiger partial charge in [0.25, 0.3) is 5.91 Å². The maximum atomic E-state index is 14.6. The lowest BCUT2D eigenvalue weighted by Gasteiger charge is -2.36. The molecular weight excluding hydrogens is 925 g/mol. The van der Waals surface area contributed by atoms with Crippen molar-refractivity contribution in [3.63, 3.8) is 0 Å². The molecule has 0 bridgehead atoms. The predicted octanol–water partition coefficient (Wildman–Crippen LogP) is 3.41. The van der Waals surface area contributed by atoms with Crippen LogP contribution >= 0.6 is 0 Å². The van der Waals surface area contributed by atoms with Gasteiger partial charge in [-0.05, 0) is 131 Å². The Morgan fingerprint density at radius 3 is 1.67 bits per heavy atom. The molecule has 3 aromatic rings. The number of likely N-dealkylation sites (tertiary alicyclic amines) is 2. The molecule has 8 N–H and O–H groups in total. The number of carbonyl (C=O) groups is 7. The number of fused-ring (bicyclic) bond motifs is 2. The highest BCUT2D eigenvalue weighted by atomic mass is 16.2. The van der Waals surface area contributed by atoms with Gasteiger partial charge in [-0.3, -0.25) is 33.6 Å². The molecule has 2 heterocycles. The first-order chi connectivity index (χ1) is 34.9. The van der Waals surface area contributed by atoms with Crippen molar-refractivity contribution in [3.8, 4) is 12.3 Å². The minimum absolute atomic E-state index is 0.0485. The van der Waals surface area contributed by atoms with Gasteiger partial charge in [0.15, 0.2) is 0 Å². The molecule has 7 amide bonds. The van der Waals surface area contributed by atoms with Crippen LogP contribution in [0.4, 0.5) is 5.69 Å². The van der Waals surface area contributed by atoms with Gasteiger partial charge in [0, 0.05) is 42.8 Å². The summed E-state index contributed by atoms with van der Waals surface area (Å²) in [6.07, 6.45) is 11.2. The van der Waals surface area contributed by atoms with Crippen molar-refractivity contribution in [1.82, 2.24) is 47.0 Å². The van der Waals surface area contributed by atoms with Gasteiger partial charge in [-0.15, -0.1) is 12.3 Å². The number of terminal acetylenes is 1. The minimum atomic E-state index is -1.05. The summed E-state index contributed by atoms with van der Waals surface area (Å²) < 4.78 is 0.